The van der Waals surface area contributed by atoms with Crippen molar-refractivity contribution in [2.24, 2.45) is 10.8 Å². The molecule has 0 aromatic carbocycles. The average molecular weight is 269 g/mol. The Bertz CT molecular complexity index is 309. The summed E-state index contributed by atoms with van der Waals surface area (Å²) in [5.41, 5.74) is 2.76. The van der Waals surface area contributed by atoms with E-state index in [1.54, 1.807) is 7.11 Å². The van der Waals surface area contributed by atoms with Crippen molar-refractivity contribution < 1.29 is 4.74 Å². The molecule has 0 aromatic rings. The minimum Gasteiger partial charge on any atom is -0.382 e. The van der Waals surface area contributed by atoms with Crippen molar-refractivity contribution in [1.29, 1.82) is 0 Å². The molecule has 0 aromatic heterocycles. The summed E-state index contributed by atoms with van der Waals surface area (Å²) < 4.78 is 5.12. The molecule has 3 N–H and O–H groups in total. The second kappa shape index (κ2) is 7.07. The number of hydrogen-bond acceptors (Lipinski definition) is 4. The molecule has 2 aliphatic rings. The lowest BCUT2D eigenvalue weighted by atomic mass is 10.00. The second-order valence-corrected chi connectivity index (χ2v) is 5.53. The molecule has 2 saturated heterocycles. The summed E-state index contributed by atoms with van der Waals surface area (Å²) in [4.78, 5) is 9.49. The first-order valence-electron chi connectivity index (χ1n) is 7.27. The van der Waals surface area contributed by atoms with Crippen LogP contribution in [0, 0.1) is 0 Å². The first-order valence-corrected chi connectivity index (χ1v) is 7.27. The largest absolute Gasteiger partial charge is 0.382 e. The standard InChI is InChI=1S/C13H27N5O/c1-11(10-19-2)15-13(16-14)18-8-7-17-6-4-3-5-12(17)9-18/h11-12H,3-10,14H2,1-2H3,(H,15,16). The monoisotopic (exact) mass is 269 g/mol. The van der Waals surface area contributed by atoms with E-state index in [9.17, 15) is 0 Å². The van der Waals surface area contributed by atoms with E-state index in [4.69, 9.17) is 10.6 Å². The van der Waals surface area contributed by atoms with Gasteiger partial charge in [-0.15, -0.1) is 0 Å². The van der Waals surface area contributed by atoms with Crippen molar-refractivity contribution in [3.05, 3.63) is 0 Å². The van der Waals surface area contributed by atoms with Crippen LogP contribution < -0.4 is 11.3 Å². The third-order valence-corrected chi connectivity index (χ3v) is 4.02. The molecule has 6 nitrogen and oxygen atoms in total. The zero-order chi connectivity index (χ0) is 13.7. The smallest absolute Gasteiger partial charge is 0.208 e. The Morgan fingerprint density at radius 3 is 3.00 bits per heavy atom. The number of hydrazine groups is 1. The predicted octanol–water partition coefficient (Wildman–Crippen LogP) is 0.0107. The van der Waals surface area contributed by atoms with Crippen LogP contribution in [0.2, 0.25) is 0 Å². The van der Waals surface area contributed by atoms with Crippen molar-refractivity contribution in [3.63, 3.8) is 0 Å². The summed E-state index contributed by atoms with van der Waals surface area (Å²) in [6, 6.07) is 0.791. The van der Waals surface area contributed by atoms with Gasteiger partial charge in [-0.3, -0.25) is 10.3 Å². The molecule has 2 fully saturated rings. The number of fused-ring (bicyclic) bond motifs is 1. The summed E-state index contributed by atoms with van der Waals surface area (Å²) in [6.07, 6.45) is 3.98. The molecule has 0 spiro atoms. The third-order valence-electron chi connectivity index (χ3n) is 4.02. The van der Waals surface area contributed by atoms with Crippen LogP contribution in [0.4, 0.5) is 0 Å². The van der Waals surface area contributed by atoms with Gasteiger partial charge in [0, 0.05) is 32.8 Å². The van der Waals surface area contributed by atoms with E-state index >= 15 is 0 Å². The van der Waals surface area contributed by atoms with Gasteiger partial charge in [0.05, 0.1) is 12.6 Å². The molecule has 2 atom stereocenters. The highest BCUT2D eigenvalue weighted by Crippen LogP contribution is 2.21. The van der Waals surface area contributed by atoms with Crippen LogP contribution in [0.1, 0.15) is 26.2 Å². The zero-order valence-corrected chi connectivity index (χ0v) is 12.1. The number of nitrogens with zero attached hydrogens (tertiary/aromatic N) is 3. The van der Waals surface area contributed by atoms with Crippen LogP contribution in [-0.4, -0.2) is 67.7 Å². The number of hydrogen-bond donors (Lipinski definition) is 2. The van der Waals surface area contributed by atoms with Gasteiger partial charge in [-0.25, -0.2) is 10.8 Å². The number of nitrogens with two attached hydrogens (primary N) is 1. The van der Waals surface area contributed by atoms with Crippen LogP contribution in [0.25, 0.3) is 0 Å². The first-order chi connectivity index (χ1) is 9.24. The van der Waals surface area contributed by atoms with Gasteiger partial charge in [0.2, 0.25) is 5.96 Å². The molecule has 2 rings (SSSR count). The lowest BCUT2D eigenvalue weighted by Gasteiger charge is -2.44. The topological polar surface area (TPSA) is 66.1 Å². The van der Waals surface area contributed by atoms with E-state index in [-0.39, 0.29) is 6.04 Å². The fourth-order valence-electron chi connectivity index (χ4n) is 3.05. The SMILES string of the molecule is COCC(C)N=C(NN)N1CCN2CCCCC2C1. The lowest BCUT2D eigenvalue weighted by Crippen LogP contribution is -2.59. The molecule has 2 heterocycles. The Labute approximate surface area is 115 Å². The molecular formula is C13H27N5O. The summed E-state index contributed by atoms with van der Waals surface area (Å²) in [7, 11) is 1.70. The molecule has 2 unspecified atom stereocenters. The highest BCUT2D eigenvalue weighted by Gasteiger charge is 2.30. The maximum Gasteiger partial charge on any atom is 0.208 e. The van der Waals surface area contributed by atoms with E-state index in [1.165, 1.54) is 25.8 Å². The highest BCUT2D eigenvalue weighted by atomic mass is 16.5. The maximum absolute atomic E-state index is 5.64. The Hall–Kier alpha value is -0.850. The number of guanidine groups is 1. The Morgan fingerprint density at radius 1 is 1.42 bits per heavy atom. The Morgan fingerprint density at radius 2 is 2.26 bits per heavy atom. The summed E-state index contributed by atoms with van der Waals surface area (Å²) in [6.45, 7) is 7.05. The second-order valence-electron chi connectivity index (χ2n) is 5.53. The molecule has 19 heavy (non-hydrogen) atoms. The Balaban J connectivity index is 1.95. The highest BCUT2D eigenvalue weighted by molar-refractivity contribution is 5.79. The molecule has 0 bridgehead atoms. The molecule has 0 aliphatic carbocycles. The quantitative estimate of drug-likeness (QED) is 0.327. The van der Waals surface area contributed by atoms with E-state index in [0.29, 0.717) is 12.6 Å². The molecule has 2 aliphatic heterocycles. The summed E-state index contributed by atoms with van der Waals surface area (Å²) in [5, 5.41) is 0. The van der Waals surface area contributed by atoms with E-state index in [0.717, 1.165) is 25.6 Å². The van der Waals surface area contributed by atoms with E-state index < -0.39 is 0 Å². The van der Waals surface area contributed by atoms with Crippen LogP contribution in [0.15, 0.2) is 4.99 Å². The summed E-state index contributed by atoms with van der Waals surface area (Å²) in [5.74, 6) is 6.44. The Kier molecular flexibility index (Phi) is 5.42. The van der Waals surface area contributed by atoms with Gasteiger partial charge in [-0.1, -0.05) is 6.42 Å². The molecule has 0 saturated carbocycles. The molecule has 6 heteroatoms. The van der Waals surface area contributed by atoms with Crippen molar-refractivity contribution in [2.45, 2.75) is 38.3 Å². The van der Waals surface area contributed by atoms with Crippen LogP contribution in [-0.2, 0) is 4.74 Å². The molecule has 0 amide bonds. The molecular weight excluding hydrogens is 242 g/mol. The fourth-order valence-corrected chi connectivity index (χ4v) is 3.05. The fraction of sp³-hybridized carbons (Fsp3) is 0.923. The average Bonchev–Trinajstić information content (AvgIpc) is 2.44. The van der Waals surface area contributed by atoms with Crippen molar-refractivity contribution in [2.75, 3.05) is 39.9 Å². The first kappa shape index (κ1) is 14.6. The number of aliphatic imine (C=N–C) groups is 1. The minimum atomic E-state index is 0.125. The van der Waals surface area contributed by atoms with Crippen LogP contribution in [0.5, 0.6) is 0 Å². The number of ether oxygens (including phenoxy) is 1. The normalized spacial score (nSPS) is 27.0. The third kappa shape index (κ3) is 3.81. The van der Waals surface area contributed by atoms with Gasteiger partial charge in [0.1, 0.15) is 0 Å². The molecule has 0 radical (unpaired) electrons. The predicted molar refractivity (Wildman–Crippen MR) is 76.9 cm³/mol. The number of nitrogens with one attached hydrogen (secondary N) is 1. The van der Waals surface area contributed by atoms with Gasteiger partial charge in [-0.2, -0.15) is 0 Å². The van der Waals surface area contributed by atoms with E-state index in [1.807, 2.05) is 6.92 Å². The van der Waals surface area contributed by atoms with Gasteiger partial charge in [0.15, 0.2) is 0 Å². The van der Waals surface area contributed by atoms with Gasteiger partial charge in [0.25, 0.3) is 0 Å². The van der Waals surface area contributed by atoms with Gasteiger partial charge >= 0.3 is 0 Å². The number of rotatable bonds is 3. The number of piperidine rings is 1. The van der Waals surface area contributed by atoms with Crippen LogP contribution in [0.3, 0.4) is 0 Å². The minimum absolute atomic E-state index is 0.125. The number of methoxy groups -OCH3 is 1. The van der Waals surface area contributed by atoms with Gasteiger partial charge < -0.3 is 9.64 Å². The van der Waals surface area contributed by atoms with Crippen LogP contribution >= 0.6 is 0 Å². The van der Waals surface area contributed by atoms with Gasteiger partial charge in [-0.05, 0) is 26.3 Å². The summed E-state index contributed by atoms with van der Waals surface area (Å²) >= 11 is 0. The lowest BCUT2D eigenvalue weighted by molar-refractivity contribution is 0.0782. The van der Waals surface area contributed by atoms with E-state index in [2.05, 4.69) is 20.2 Å². The zero-order valence-electron chi connectivity index (χ0n) is 12.1. The van der Waals surface area contributed by atoms with Crippen molar-refractivity contribution in [1.82, 2.24) is 15.2 Å². The van der Waals surface area contributed by atoms with Crippen molar-refractivity contribution >= 4 is 5.96 Å². The molecule has 110 valence electrons. The maximum atomic E-state index is 5.64. The number of piperazine rings is 1. The van der Waals surface area contributed by atoms with Crippen molar-refractivity contribution in [3.8, 4) is 0 Å².